The van der Waals surface area contributed by atoms with Gasteiger partial charge in [0.05, 0.1) is 6.42 Å². The van der Waals surface area contributed by atoms with E-state index in [1.54, 1.807) is 18.2 Å². The van der Waals surface area contributed by atoms with Crippen LogP contribution in [0.25, 0.3) is 0 Å². The summed E-state index contributed by atoms with van der Waals surface area (Å²) >= 11 is 0. The van der Waals surface area contributed by atoms with Crippen molar-refractivity contribution in [3.8, 4) is 0 Å². The first-order valence-corrected chi connectivity index (χ1v) is 8.25. The number of anilines is 2. The molecule has 0 aliphatic carbocycles. The van der Waals surface area contributed by atoms with Crippen LogP contribution in [0.4, 0.5) is 11.4 Å². The van der Waals surface area contributed by atoms with Crippen molar-refractivity contribution in [3.63, 3.8) is 0 Å². The molecule has 128 valence electrons. The van der Waals surface area contributed by atoms with Crippen molar-refractivity contribution >= 4 is 29.0 Å². The summed E-state index contributed by atoms with van der Waals surface area (Å²) in [5, 5.41) is 5.55. The van der Waals surface area contributed by atoms with Crippen molar-refractivity contribution < 1.29 is 14.4 Å². The number of benzene rings is 2. The second-order valence-corrected chi connectivity index (χ2v) is 6.37. The summed E-state index contributed by atoms with van der Waals surface area (Å²) in [5.74, 6) is -0.348. The van der Waals surface area contributed by atoms with Crippen molar-refractivity contribution in [2.75, 3.05) is 10.6 Å². The van der Waals surface area contributed by atoms with Gasteiger partial charge in [-0.25, -0.2) is 0 Å². The molecule has 0 bridgehead atoms. The zero-order valence-corrected chi connectivity index (χ0v) is 14.3. The van der Waals surface area contributed by atoms with Crippen molar-refractivity contribution in [2.24, 2.45) is 0 Å². The van der Waals surface area contributed by atoms with E-state index in [-0.39, 0.29) is 30.4 Å². The number of rotatable bonds is 5. The summed E-state index contributed by atoms with van der Waals surface area (Å²) in [5.41, 5.74) is 5.13. The molecule has 2 N–H and O–H groups in total. The lowest BCUT2D eigenvalue weighted by molar-refractivity contribution is -0.116. The summed E-state index contributed by atoms with van der Waals surface area (Å²) in [4.78, 5) is 35.7. The van der Waals surface area contributed by atoms with Gasteiger partial charge in [0.1, 0.15) is 0 Å². The number of Topliss-reactive ketones (excluding diaryl/α,β-unsaturated/α-hetero) is 1. The number of carbonyl (C=O) groups excluding carboxylic acids is 3. The summed E-state index contributed by atoms with van der Waals surface area (Å²) in [6.07, 6.45) is 0.556. The first kappa shape index (κ1) is 16.9. The third-order valence-corrected chi connectivity index (χ3v) is 4.42. The maximum atomic E-state index is 12.3. The highest BCUT2D eigenvalue weighted by molar-refractivity contribution is 6.03. The molecule has 0 aromatic heterocycles. The fraction of sp³-hybridized carbons (Fsp3) is 0.250. The van der Waals surface area contributed by atoms with E-state index in [9.17, 15) is 14.4 Å². The molecular formula is C20H20N2O3. The lowest BCUT2D eigenvalue weighted by atomic mass is 10.0. The van der Waals surface area contributed by atoms with Gasteiger partial charge in [-0.1, -0.05) is 6.07 Å². The number of ketones is 1. The van der Waals surface area contributed by atoms with E-state index in [0.29, 0.717) is 12.0 Å². The Hall–Kier alpha value is -2.95. The van der Waals surface area contributed by atoms with Gasteiger partial charge in [-0.2, -0.15) is 0 Å². The predicted octanol–water partition coefficient (Wildman–Crippen LogP) is 3.40. The van der Waals surface area contributed by atoms with Gasteiger partial charge in [0.15, 0.2) is 5.78 Å². The molecule has 0 saturated heterocycles. The van der Waals surface area contributed by atoms with Crippen molar-refractivity contribution in [1.82, 2.24) is 0 Å². The number of hydrogen-bond donors (Lipinski definition) is 2. The Morgan fingerprint density at radius 2 is 1.84 bits per heavy atom. The Morgan fingerprint density at radius 1 is 1.04 bits per heavy atom. The molecule has 5 heteroatoms. The Bertz CT molecular complexity index is 871. The molecule has 1 heterocycles. The molecule has 0 atom stereocenters. The lowest BCUT2D eigenvalue weighted by Gasteiger charge is -2.08. The van der Waals surface area contributed by atoms with Gasteiger partial charge in [0, 0.05) is 29.8 Å². The number of carbonyl (C=O) groups is 3. The molecule has 2 aromatic rings. The van der Waals surface area contributed by atoms with Crippen LogP contribution in [-0.2, 0) is 16.0 Å². The Balaban J connectivity index is 1.57. The maximum absolute atomic E-state index is 12.3. The highest BCUT2D eigenvalue weighted by atomic mass is 16.2. The molecule has 2 amide bonds. The molecule has 25 heavy (non-hydrogen) atoms. The second-order valence-electron chi connectivity index (χ2n) is 6.37. The van der Waals surface area contributed by atoms with Gasteiger partial charge in [-0.05, 0) is 60.9 Å². The SMILES string of the molecule is Cc1ccc(NC(=O)CCC(=O)c2ccc3c(c2)CC(=O)N3)cc1C. The molecule has 3 rings (SSSR count). The van der Waals surface area contributed by atoms with Crippen LogP contribution in [0, 0.1) is 13.8 Å². The van der Waals surface area contributed by atoms with Crippen LogP contribution in [-0.4, -0.2) is 17.6 Å². The van der Waals surface area contributed by atoms with Crippen molar-refractivity contribution in [3.05, 3.63) is 58.7 Å². The van der Waals surface area contributed by atoms with Gasteiger partial charge in [-0.3, -0.25) is 14.4 Å². The fourth-order valence-electron chi connectivity index (χ4n) is 2.82. The normalized spacial score (nSPS) is 12.5. The van der Waals surface area contributed by atoms with Gasteiger partial charge in [-0.15, -0.1) is 0 Å². The third-order valence-electron chi connectivity index (χ3n) is 4.42. The van der Waals surface area contributed by atoms with Crippen LogP contribution in [0.3, 0.4) is 0 Å². The molecular weight excluding hydrogens is 316 g/mol. The number of aryl methyl sites for hydroxylation is 2. The molecule has 0 unspecified atom stereocenters. The molecule has 1 aliphatic heterocycles. The Labute approximate surface area is 146 Å². The topological polar surface area (TPSA) is 75.3 Å². The van der Waals surface area contributed by atoms with E-state index < -0.39 is 0 Å². The fourth-order valence-corrected chi connectivity index (χ4v) is 2.82. The lowest BCUT2D eigenvalue weighted by Crippen LogP contribution is -2.13. The molecule has 1 aliphatic rings. The molecule has 0 spiro atoms. The van der Waals surface area contributed by atoms with Crippen LogP contribution in [0.1, 0.15) is 39.9 Å². The highest BCUT2D eigenvalue weighted by Gasteiger charge is 2.19. The average molecular weight is 336 g/mol. The van der Waals surface area contributed by atoms with E-state index in [2.05, 4.69) is 10.6 Å². The third kappa shape index (κ3) is 3.94. The zero-order chi connectivity index (χ0) is 18.0. The van der Waals surface area contributed by atoms with E-state index >= 15 is 0 Å². The molecule has 0 fully saturated rings. The van der Waals surface area contributed by atoms with E-state index in [1.807, 2.05) is 32.0 Å². The van der Waals surface area contributed by atoms with Crippen LogP contribution < -0.4 is 10.6 Å². The summed E-state index contributed by atoms with van der Waals surface area (Å²) < 4.78 is 0. The van der Waals surface area contributed by atoms with E-state index in [1.165, 1.54) is 0 Å². The molecule has 5 nitrogen and oxygen atoms in total. The maximum Gasteiger partial charge on any atom is 0.228 e. The highest BCUT2D eigenvalue weighted by Crippen LogP contribution is 2.24. The van der Waals surface area contributed by atoms with Crippen molar-refractivity contribution in [1.29, 1.82) is 0 Å². The Kier molecular flexibility index (Phi) is 4.65. The minimum atomic E-state index is -0.186. The number of fused-ring (bicyclic) bond motifs is 1. The molecule has 0 radical (unpaired) electrons. The van der Waals surface area contributed by atoms with Gasteiger partial charge in [0.25, 0.3) is 0 Å². The van der Waals surface area contributed by atoms with Crippen LogP contribution in [0.2, 0.25) is 0 Å². The standard InChI is InChI=1S/C20H20N2O3/c1-12-3-5-16(9-13(12)2)21-19(24)8-7-18(23)14-4-6-17-15(10-14)11-20(25)22-17/h3-6,9-10H,7-8,11H2,1-2H3,(H,21,24)(H,22,25). The smallest absolute Gasteiger partial charge is 0.228 e. The molecule has 2 aromatic carbocycles. The first-order chi connectivity index (χ1) is 11.9. The monoisotopic (exact) mass is 336 g/mol. The average Bonchev–Trinajstić information content (AvgIpc) is 2.95. The Morgan fingerprint density at radius 3 is 2.60 bits per heavy atom. The van der Waals surface area contributed by atoms with Gasteiger partial charge >= 0.3 is 0 Å². The largest absolute Gasteiger partial charge is 0.326 e. The molecule has 0 saturated carbocycles. The summed E-state index contributed by atoms with van der Waals surface area (Å²) in [6, 6.07) is 10.9. The number of nitrogens with one attached hydrogen (secondary N) is 2. The number of hydrogen-bond acceptors (Lipinski definition) is 3. The van der Waals surface area contributed by atoms with Crippen LogP contribution in [0.15, 0.2) is 36.4 Å². The zero-order valence-electron chi connectivity index (χ0n) is 14.3. The quantitative estimate of drug-likeness (QED) is 0.822. The van der Waals surface area contributed by atoms with Crippen molar-refractivity contribution in [2.45, 2.75) is 33.1 Å². The minimum absolute atomic E-state index is 0.0626. The number of amides is 2. The summed E-state index contributed by atoms with van der Waals surface area (Å²) in [6.45, 7) is 4.00. The summed E-state index contributed by atoms with van der Waals surface area (Å²) in [7, 11) is 0. The van der Waals surface area contributed by atoms with Crippen LogP contribution >= 0.6 is 0 Å². The minimum Gasteiger partial charge on any atom is -0.326 e. The first-order valence-electron chi connectivity index (χ1n) is 8.25. The van der Waals surface area contributed by atoms with Crippen LogP contribution in [0.5, 0.6) is 0 Å². The van der Waals surface area contributed by atoms with Gasteiger partial charge < -0.3 is 10.6 Å². The van der Waals surface area contributed by atoms with E-state index in [4.69, 9.17) is 0 Å². The van der Waals surface area contributed by atoms with E-state index in [0.717, 1.165) is 28.1 Å². The van der Waals surface area contributed by atoms with Gasteiger partial charge in [0.2, 0.25) is 11.8 Å². The predicted molar refractivity (Wildman–Crippen MR) is 96.9 cm³/mol. The second kappa shape index (κ2) is 6.89.